The molecule has 4 rings (SSSR count). The molecule has 0 fully saturated rings. The van der Waals surface area contributed by atoms with Crippen molar-refractivity contribution in [2.75, 3.05) is 14.2 Å². The fourth-order valence-electron chi connectivity index (χ4n) is 3.17. The Kier molecular flexibility index (Phi) is 4.98. The van der Waals surface area contributed by atoms with Gasteiger partial charge in [-0.15, -0.1) is 0 Å². The third kappa shape index (κ3) is 3.45. The molecule has 0 spiro atoms. The van der Waals surface area contributed by atoms with Crippen molar-refractivity contribution in [1.82, 2.24) is 14.9 Å². The number of halogens is 1. The van der Waals surface area contributed by atoms with Gasteiger partial charge in [0, 0.05) is 5.02 Å². The van der Waals surface area contributed by atoms with Crippen molar-refractivity contribution in [1.29, 1.82) is 0 Å². The molecule has 4 aromatic rings. The zero-order valence-electron chi connectivity index (χ0n) is 16.1. The smallest absolute Gasteiger partial charge is 0.280 e. The van der Waals surface area contributed by atoms with Gasteiger partial charge in [-0.2, -0.15) is 5.10 Å². The Morgan fingerprint density at radius 3 is 2.55 bits per heavy atom. The van der Waals surface area contributed by atoms with Crippen LogP contribution in [0.3, 0.4) is 0 Å². The quantitative estimate of drug-likeness (QED) is 0.492. The monoisotopic (exact) mass is 411 g/mol. The molecule has 2 heterocycles. The number of rotatable bonds is 5. The average molecular weight is 412 g/mol. The maximum Gasteiger partial charge on any atom is 0.280 e. The summed E-state index contributed by atoms with van der Waals surface area (Å²) in [5.41, 5.74) is 2.51. The number of hydrogen-bond donors (Lipinski definition) is 0. The molecule has 0 aliphatic heterocycles. The summed E-state index contributed by atoms with van der Waals surface area (Å²) in [6.07, 6.45) is 0. The van der Waals surface area contributed by atoms with Crippen LogP contribution in [0.15, 0.2) is 51.8 Å². The molecule has 0 bridgehead atoms. The average Bonchev–Trinajstić information content (AvgIpc) is 3.13. The van der Waals surface area contributed by atoms with Crippen LogP contribution < -0.4 is 15.0 Å². The molecule has 2 aromatic heterocycles. The van der Waals surface area contributed by atoms with E-state index >= 15 is 0 Å². The van der Waals surface area contributed by atoms with E-state index in [1.165, 1.54) is 4.68 Å². The predicted molar refractivity (Wildman–Crippen MR) is 110 cm³/mol. The third-order valence-electron chi connectivity index (χ3n) is 4.65. The summed E-state index contributed by atoms with van der Waals surface area (Å²) in [7, 11) is 3.15. The van der Waals surface area contributed by atoms with Crippen LogP contribution in [0.5, 0.6) is 11.5 Å². The molecule has 0 unspecified atom stereocenters. The fraction of sp³-hybridized carbons (Fsp3) is 0.190. The molecule has 148 valence electrons. The van der Waals surface area contributed by atoms with E-state index in [1.54, 1.807) is 51.5 Å². The maximum atomic E-state index is 13.1. The lowest BCUT2D eigenvalue weighted by Gasteiger charge is -2.12. The molecule has 0 N–H and O–H groups in total. The van der Waals surface area contributed by atoms with Gasteiger partial charge in [-0.05, 0) is 42.8 Å². The van der Waals surface area contributed by atoms with E-state index in [0.717, 1.165) is 5.56 Å². The van der Waals surface area contributed by atoms with E-state index in [4.69, 9.17) is 25.6 Å². The predicted octanol–water partition coefficient (Wildman–Crippen LogP) is 4.08. The largest absolute Gasteiger partial charge is 0.497 e. The SMILES string of the molecule is COc1ccc(OC)c(-c2nn(Cc3ccc(Cl)cc3)c(=O)c3c(C)noc23)c1. The van der Waals surface area contributed by atoms with Crippen LogP contribution in [0.1, 0.15) is 11.3 Å². The molecule has 0 radical (unpaired) electrons. The molecule has 7 nitrogen and oxygen atoms in total. The molecule has 29 heavy (non-hydrogen) atoms. The van der Waals surface area contributed by atoms with Gasteiger partial charge in [-0.25, -0.2) is 4.68 Å². The first-order valence-corrected chi connectivity index (χ1v) is 9.23. The Labute approximate surface area is 171 Å². The number of benzene rings is 2. The van der Waals surface area contributed by atoms with Crippen molar-refractivity contribution in [3.8, 4) is 22.8 Å². The van der Waals surface area contributed by atoms with E-state index < -0.39 is 0 Å². The lowest BCUT2D eigenvalue weighted by Crippen LogP contribution is -2.24. The molecule has 0 saturated carbocycles. The summed E-state index contributed by atoms with van der Waals surface area (Å²) in [5, 5.41) is 9.58. The fourth-order valence-corrected chi connectivity index (χ4v) is 3.30. The highest BCUT2D eigenvalue weighted by Gasteiger charge is 2.22. The summed E-state index contributed by atoms with van der Waals surface area (Å²) in [6.45, 7) is 2.00. The van der Waals surface area contributed by atoms with E-state index in [0.29, 0.717) is 44.4 Å². The van der Waals surface area contributed by atoms with E-state index in [9.17, 15) is 4.79 Å². The van der Waals surface area contributed by atoms with Gasteiger partial charge in [0.15, 0.2) is 0 Å². The minimum absolute atomic E-state index is 0.274. The Balaban J connectivity index is 1.96. The van der Waals surface area contributed by atoms with Crippen molar-refractivity contribution in [3.05, 3.63) is 69.1 Å². The van der Waals surface area contributed by atoms with Gasteiger partial charge < -0.3 is 14.0 Å². The van der Waals surface area contributed by atoms with Gasteiger partial charge in [0.25, 0.3) is 5.56 Å². The molecule has 0 aliphatic carbocycles. The van der Waals surface area contributed by atoms with E-state index in [2.05, 4.69) is 10.3 Å². The van der Waals surface area contributed by atoms with Crippen LogP contribution in [0, 0.1) is 6.92 Å². The Morgan fingerprint density at radius 1 is 1.10 bits per heavy atom. The summed E-state index contributed by atoms with van der Waals surface area (Å²) >= 11 is 5.97. The van der Waals surface area contributed by atoms with Crippen molar-refractivity contribution in [2.45, 2.75) is 13.5 Å². The summed E-state index contributed by atoms with van der Waals surface area (Å²) in [6, 6.07) is 12.6. The molecule has 8 heteroatoms. The molecular formula is C21H18ClN3O4. The first-order valence-electron chi connectivity index (χ1n) is 8.85. The van der Waals surface area contributed by atoms with Gasteiger partial charge in [0.05, 0.1) is 32.0 Å². The van der Waals surface area contributed by atoms with Crippen molar-refractivity contribution in [3.63, 3.8) is 0 Å². The second-order valence-electron chi connectivity index (χ2n) is 6.48. The molecule has 0 amide bonds. The summed E-state index contributed by atoms with van der Waals surface area (Å²) in [5.74, 6) is 1.20. The van der Waals surface area contributed by atoms with Crippen LogP contribution >= 0.6 is 11.6 Å². The summed E-state index contributed by atoms with van der Waals surface area (Å²) in [4.78, 5) is 13.1. The van der Waals surface area contributed by atoms with Crippen LogP contribution in [-0.2, 0) is 6.54 Å². The first kappa shape index (κ1) is 19.0. The van der Waals surface area contributed by atoms with Crippen LogP contribution in [0.4, 0.5) is 0 Å². The summed E-state index contributed by atoms with van der Waals surface area (Å²) < 4.78 is 17.7. The van der Waals surface area contributed by atoms with Crippen molar-refractivity contribution in [2.24, 2.45) is 0 Å². The van der Waals surface area contributed by atoms with Gasteiger partial charge >= 0.3 is 0 Å². The van der Waals surface area contributed by atoms with Crippen LogP contribution in [0.2, 0.25) is 5.02 Å². The zero-order chi connectivity index (χ0) is 20.5. The zero-order valence-corrected chi connectivity index (χ0v) is 16.9. The molecular weight excluding hydrogens is 394 g/mol. The minimum atomic E-state index is -0.278. The number of fused-ring (bicyclic) bond motifs is 1. The van der Waals surface area contributed by atoms with Crippen molar-refractivity contribution >= 4 is 22.6 Å². The second kappa shape index (κ2) is 7.60. The number of nitrogens with zero attached hydrogens (tertiary/aromatic N) is 3. The van der Waals surface area contributed by atoms with Gasteiger partial charge in [-0.1, -0.05) is 28.9 Å². The normalized spacial score (nSPS) is 11.0. The van der Waals surface area contributed by atoms with Gasteiger partial charge in [0.2, 0.25) is 5.58 Å². The maximum absolute atomic E-state index is 13.1. The number of ether oxygens (including phenoxy) is 2. The number of aryl methyl sites for hydroxylation is 1. The highest BCUT2D eigenvalue weighted by molar-refractivity contribution is 6.30. The minimum Gasteiger partial charge on any atom is -0.497 e. The van der Waals surface area contributed by atoms with E-state index in [-0.39, 0.29) is 12.1 Å². The van der Waals surface area contributed by atoms with Crippen LogP contribution in [-0.4, -0.2) is 29.2 Å². The molecule has 2 aromatic carbocycles. The Hall–Kier alpha value is -3.32. The lowest BCUT2D eigenvalue weighted by atomic mass is 10.1. The number of methoxy groups -OCH3 is 2. The van der Waals surface area contributed by atoms with Gasteiger partial charge in [-0.3, -0.25) is 4.79 Å². The third-order valence-corrected chi connectivity index (χ3v) is 4.91. The molecule has 0 aliphatic rings. The standard InChI is InChI=1S/C21H18ClN3O4/c1-12-18-20(29-24-12)19(16-10-15(27-2)8-9-17(16)28-3)23-25(21(18)26)11-13-4-6-14(22)7-5-13/h4-10H,11H2,1-3H3. The molecule has 0 saturated heterocycles. The van der Waals surface area contributed by atoms with Crippen molar-refractivity contribution < 1.29 is 14.0 Å². The molecule has 0 atom stereocenters. The number of hydrogen-bond acceptors (Lipinski definition) is 6. The topological polar surface area (TPSA) is 79.4 Å². The second-order valence-corrected chi connectivity index (χ2v) is 6.91. The Morgan fingerprint density at radius 2 is 1.86 bits per heavy atom. The first-order chi connectivity index (χ1) is 14.0. The highest BCUT2D eigenvalue weighted by Crippen LogP contribution is 2.35. The lowest BCUT2D eigenvalue weighted by molar-refractivity contribution is 0.404. The van der Waals surface area contributed by atoms with Crippen LogP contribution in [0.25, 0.3) is 22.2 Å². The number of aromatic nitrogens is 3. The van der Waals surface area contributed by atoms with Gasteiger partial charge in [0.1, 0.15) is 22.6 Å². The Bertz CT molecular complexity index is 1250. The van der Waals surface area contributed by atoms with E-state index in [1.807, 2.05) is 12.1 Å². The highest BCUT2D eigenvalue weighted by atomic mass is 35.5.